The summed E-state index contributed by atoms with van der Waals surface area (Å²) < 4.78 is 12.8. The summed E-state index contributed by atoms with van der Waals surface area (Å²) in [5.74, 6) is 0.333. The zero-order valence-electron chi connectivity index (χ0n) is 13.5. The van der Waals surface area contributed by atoms with E-state index in [1.54, 1.807) is 18.2 Å². The van der Waals surface area contributed by atoms with E-state index < -0.39 is 0 Å². The van der Waals surface area contributed by atoms with Crippen molar-refractivity contribution in [2.24, 2.45) is 0 Å². The van der Waals surface area contributed by atoms with Crippen LogP contribution in [0.1, 0.15) is 35.3 Å². The lowest BCUT2D eigenvalue weighted by Crippen LogP contribution is -2.31. The maximum atomic E-state index is 12.8. The number of piperidine rings is 1. The topological polar surface area (TPSA) is 58.1 Å². The van der Waals surface area contributed by atoms with Crippen molar-refractivity contribution in [1.29, 1.82) is 0 Å². The van der Waals surface area contributed by atoms with E-state index in [0.717, 1.165) is 24.5 Å². The van der Waals surface area contributed by atoms with E-state index in [1.807, 2.05) is 6.07 Å². The van der Waals surface area contributed by atoms with Gasteiger partial charge in [0.25, 0.3) is 5.91 Å². The quantitative estimate of drug-likeness (QED) is 0.916. The highest BCUT2D eigenvalue weighted by atomic mass is 19.1. The maximum Gasteiger partial charge on any atom is 0.271 e. The molecule has 0 saturated carbocycles. The molecule has 1 N–H and O–H groups in total. The fraction of sp³-hybridized carbons (Fsp3) is 0.389. The molecule has 5 nitrogen and oxygen atoms in total. The number of amides is 1. The first kappa shape index (κ1) is 16.4. The van der Waals surface area contributed by atoms with Crippen molar-refractivity contribution >= 4 is 11.7 Å². The predicted octanol–water partition coefficient (Wildman–Crippen LogP) is 2.58. The number of hydrogen-bond donors (Lipinski definition) is 1. The molecule has 0 aliphatic carbocycles. The zero-order valence-corrected chi connectivity index (χ0v) is 13.5. The van der Waals surface area contributed by atoms with Gasteiger partial charge in [0.05, 0.1) is 0 Å². The zero-order chi connectivity index (χ0) is 16.8. The van der Waals surface area contributed by atoms with E-state index in [1.165, 1.54) is 31.4 Å². The predicted molar refractivity (Wildman–Crippen MR) is 90.5 cm³/mol. The molecule has 3 rings (SSSR count). The summed E-state index contributed by atoms with van der Waals surface area (Å²) in [6.07, 6.45) is 4.25. The van der Waals surface area contributed by atoms with Crippen LogP contribution in [0.2, 0.25) is 0 Å². The fourth-order valence-corrected chi connectivity index (χ4v) is 2.80. The minimum Gasteiger partial charge on any atom is -0.355 e. The summed E-state index contributed by atoms with van der Waals surface area (Å²) in [6.45, 7) is 2.47. The van der Waals surface area contributed by atoms with Crippen molar-refractivity contribution < 1.29 is 9.18 Å². The van der Waals surface area contributed by atoms with E-state index in [4.69, 9.17) is 0 Å². The van der Waals surface area contributed by atoms with Crippen LogP contribution in [0.15, 0.2) is 36.4 Å². The minimum absolute atomic E-state index is 0.241. The standard InChI is InChI=1S/C18H21FN4O/c19-15-6-4-14(5-7-15)10-11-20-18(24)16-8-9-17(22-21-16)23-12-2-1-3-13-23/h4-9H,1-3,10-13H2,(H,20,24). The van der Waals surface area contributed by atoms with E-state index in [-0.39, 0.29) is 11.7 Å². The molecule has 2 aromatic rings. The average Bonchev–Trinajstić information content (AvgIpc) is 2.64. The number of nitrogens with zero attached hydrogens (tertiary/aromatic N) is 3. The average molecular weight is 328 g/mol. The van der Waals surface area contributed by atoms with Crippen LogP contribution in [0.5, 0.6) is 0 Å². The van der Waals surface area contributed by atoms with Crippen LogP contribution in [-0.4, -0.2) is 35.7 Å². The Morgan fingerprint density at radius 2 is 1.79 bits per heavy atom. The normalized spacial score (nSPS) is 14.5. The Bertz CT molecular complexity index is 666. The second kappa shape index (κ2) is 7.86. The first-order chi connectivity index (χ1) is 11.7. The Morgan fingerprint density at radius 1 is 1.04 bits per heavy atom. The number of benzene rings is 1. The third-order valence-electron chi connectivity index (χ3n) is 4.18. The van der Waals surface area contributed by atoms with Gasteiger partial charge in [-0.05, 0) is 55.5 Å². The van der Waals surface area contributed by atoms with Gasteiger partial charge < -0.3 is 10.2 Å². The molecular weight excluding hydrogens is 307 g/mol. The molecule has 1 aliphatic heterocycles. The molecule has 0 radical (unpaired) electrons. The van der Waals surface area contributed by atoms with Gasteiger partial charge >= 0.3 is 0 Å². The van der Waals surface area contributed by atoms with Crippen LogP contribution in [0.3, 0.4) is 0 Å². The molecule has 1 aromatic heterocycles. The van der Waals surface area contributed by atoms with Crippen LogP contribution in [0.25, 0.3) is 0 Å². The number of aromatic nitrogens is 2. The smallest absolute Gasteiger partial charge is 0.271 e. The number of halogens is 1. The van der Waals surface area contributed by atoms with Gasteiger partial charge in [-0.2, -0.15) is 0 Å². The van der Waals surface area contributed by atoms with Crippen molar-refractivity contribution in [3.8, 4) is 0 Å². The van der Waals surface area contributed by atoms with Crippen molar-refractivity contribution in [2.45, 2.75) is 25.7 Å². The minimum atomic E-state index is -0.258. The van der Waals surface area contributed by atoms with Crippen LogP contribution in [-0.2, 0) is 6.42 Å². The molecule has 1 saturated heterocycles. The maximum absolute atomic E-state index is 12.8. The van der Waals surface area contributed by atoms with Gasteiger partial charge in [-0.15, -0.1) is 10.2 Å². The molecule has 24 heavy (non-hydrogen) atoms. The van der Waals surface area contributed by atoms with Crippen LogP contribution in [0, 0.1) is 5.82 Å². The molecule has 1 amide bonds. The Morgan fingerprint density at radius 3 is 2.46 bits per heavy atom. The molecule has 0 atom stereocenters. The second-order valence-corrected chi connectivity index (χ2v) is 5.96. The third kappa shape index (κ3) is 4.28. The van der Waals surface area contributed by atoms with E-state index >= 15 is 0 Å². The van der Waals surface area contributed by atoms with Crippen molar-refractivity contribution in [2.75, 3.05) is 24.5 Å². The number of hydrogen-bond acceptors (Lipinski definition) is 4. The lowest BCUT2D eigenvalue weighted by molar-refractivity contribution is 0.0948. The summed E-state index contributed by atoms with van der Waals surface area (Å²) in [5, 5.41) is 11.0. The lowest BCUT2D eigenvalue weighted by atomic mass is 10.1. The molecule has 126 valence electrons. The third-order valence-corrected chi connectivity index (χ3v) is 4.18. The lowest BCUT2D eigenvalue weighted by Gasteiger charge is -2.27. The molecule has 2 heterocycles. The van der Waals surface area contributed by atoms with E-state index in [2.05, 4.69) is 20.4 Å². The van der Waals surface area contributed by atoms with Crippen LogP contribution >= 0.6 is 0 Å². The monoisotopic (exact) mass is 328 g/mol. The number of rotatable bonds is 5. The Hall–Kier alpha value is -2.50. The second-order valence-electron chi connectivity index (χ2n) is 5.96. The fourth-order valence-electron chi connectivity index (χ4n) is 2.80. The molecule has 0 unspecified atom stereocenters. The van der Waals surface area contributed by atoms with E-state index in [0.29, 0.717) is 18.7 Å². The molecule has 1 aliphatic rings. The molecule has 0 bridgehead atoms. The largest absolute Gasteiger partial charge is 0.355 e. The van der Waals surface area contributed by atoms with Gasteiger partial charge in [-0.3, -0.25) is 4.79 Å². The summed E-state index contributed by atoms with van der Waals surface area (Å²) in [4.78, 5) is 14.3. The van der Waals surface area contributed by atoms with Crippen LogP contribution in [0.4, 0.5) is 10.2 Å². The molecule has 1 fully saturated rings. The summed E-state index contributed by atoms with van der Waals surface area (Å²) in [5.41, 5.74) is 1.29. The Labute approximate surface area is 140 Å². The highest BCUT2D eigenvalue weighted by Gasteiger charge is 2.14. The highest BCUT2D eigenvalue weighted by molar-refractivity contribution is 5.92. The molecule has 6 heteroatoms. The van der Waals surface area contributed by atoms with Crippen molar-refractivity contribution in [3.05, 3.63) is 53.5 Å². The Balaban J connectivity index is 1.50. The number of carbonyl (C=O) groups excluding carboxylic acids is 1. The Kier molecular flexibility index (Phi) is 5.36. The number of carbonyl (C=O) groups is 1. The van der Waals surface area contributed by atoms with Crippen LogP contribution < -0.4 is 10.2 Å². The molecular formula is C18H21FN4O. The summed E-state index contributed by atoms with van der Waals surface area (Å²) >= 11 is 0. The van der Waals surface area contributed by atoms with Gasteiger partial charge in [-0.1, -0.05) is 12.1 Å². The molecule has 1 aromatic carbocycles. The first-order valence-electron chi connectivity index (χ1n) is 8.34. The number of nitrogens with one attached hydrogen (secondary N) is 1. The van der Waals surface area contributed by atoms with Gasteiger partial charge in [0.2, 0.25) is 0 Å². The van der Waals surface area contributed by atoms with E-state index in [9.17, 15) is 9.18 Å². The summed E-state index contributed by atoms with van der Waals surface area (Å²) in [6, 6.07) is 9.84. The first-order valence-corrected chi connectivity index (χ1v) is 8.34. The van der Waals surface area contributed by atoms with Gasteiger partial charge in [0.15, 0.2) is 11.5 Å². The van der Waals surface area contributed by atoms with Gasteiger partial charge in [0.1, 0.15) is 5.82 Å². The van der Waals surface area contributed by atoms with Gasteiger partial charge in [-0.25, -0.2) is 4.39 Å². The molecule has 0 spiro atoms. The highest BCUT2D eigenvalue weighted by Crippen LogP contribution is 2.16. The van der Waals surface area contributed by atoms with Crippen molar-refractivity contribution in [3.63, 3.8) is 0 Å². The van der Waals surface area contributed by atoms with Crippen molar-refractivity contribution in [1.82, 2.24) is 15.5 Å². The SMILES string of the molecule is O=C(NCCc1ccc(F)cc1)c1ccc(N2CCCCC2)nn1. The number of anilines is 1. The van der Waals surface area contributed by atoms with Gasteiger partial charge in [0, 0.05) is 19.6 Å². The summed E-state index contributed by atoms with van der Waals surface area (Å²) in [7, 11) is 0.